The minimum atomic E-state index is 0.839. The monoisotopic (exact) mass is 212 g/mol. The van der Waals surface area contributed by atoms with Crippen LogP contribution in [-0.4, -0.2) is 48.6 Å². The van der Waals surface area contributed by atoms with Crippen molar-refractivity contribution in [2.75, 3.05) is 32.7 Å². The van der Waals surface area contributed by atoms with Crippen molar-refractivity contribution in [2.45, 2.75) is 52.5 Å². The molecule has 2 nitrogen and oxygen atoms in total. The molecule has 0 aromatic carbocycles. The van der Waals surface area contributed by atoms with Crippen LogP contribution in [-0.2, 0) is 0 Å². The van der Waals surface area contributed by atoms with Gasteiger partial charge in [-0.15, -0.1) is 0 Å². The smallest absolute Gasteiger partial charge is 0.00674 e. The van der Waals surface area contributed by atoms with Gasteiger partial charge in [-0.3, -0.25) is 0 Å². The first kappa shape index (κ1) is 13.0. The Bertz CT molecular complexity index is 159. The molecule has 0 spiro atoms. The molecular weight excluding hydrogens is 184 g/mol. The molecule has 0 radical (unpaired) electrons. The van der Waals surface area contributed by atoms with Crippen LogP contribution in [0.4, 0.5) is 0 Å². The van der Waals surface area contributed by atoms with E-state index in [9.17, 15) is 0 Å². The predicted octanol–water partition coefficient (Wildman–Crippen LogP) is 2.59. The third-order valence-corrected chi connectivity index (χ3v) is 3.60. The Morgan fingerprint density at radius 2 is 2.07 bits per heavy atom. The first-order chi connectivity index (χ1) is 7.27. The maximum Gasteiger partial charge on any atom is 0.00674 e. The van der Waals surface area contributed by atoms with Crippen molar-refractivity contribution >= 4 is 0 Å². The van der Waals surface area contributed by atoms with E-state index >= 15 is 0 Å². The predicted molar refractivity (Wildman–Crippen MR) is 67.3 cm³/mol. The van der Waals surface area contributed by atoms with Crippen LogP contribution < -0.4 is 0 Å². The quantitative estimate of drug-likeness (QED) is 0.640. The van der Waals surface area contributed by atoms with Gasteiger partial charge in [0.05, 0.1) is 0 Å². The largest absolute Gasteiger partial charge is 0.304 e. The summed E-state index contributed by atoms with van der Waals surface area (Å²) in [6.07, 6.45) is 5.45. The molecule has 15 heavy (non-hydrogen) atoms. The molecule has 1 atom stereocenters. The van der Waals surface area contributed by atoms with Gasteiger partial charge in [-0.05, 0) is 65.3 Å². The molecule has 1 rings (SSSR count). The van der Waals surface area contributed by atoms with E-state index in [1.54, 1.807) is 0 Å². The Morgan fingerprint density at radius 1 is 1.27 bits per heavy atom. The highest BCUT2D eigenvalue weighted by Gasteiger charge is 2.19. The zero-order chi connectivity index (χ0) is 11.1. The van der Waals surface area contributed by atoms with Gasteiger partial charge in [0.25, 0.3) is 0 Å². The van der Waals surface area contributed by atoms with Crippen LogP contribution in [0.2, 0.25) is 0 Å². The topological polar surface area (TPSA) is 6.48 Å². The van der Waals surface area contributed by atoms with Crippen LogP contribution in [0.1, 0.15) is 46.5 Å². The van der Waals surface area contributed by atoms with Crippen molar-refractivity contribution < 1.29 is 0 Å². The molecule has 2 heteroatoms. The standard InChI is InChI=1S/C13H28N2/c1-4-9-14(5-2)10-7-12-15-11-6-8-13(15)3/h13H,4-12H2,1-3H3. The Morgan fingerprint density at radius 3 is 2.60 bits per heavy atom. The van der Waals surface area contributed by atoms with E-state index in [0.717, 1.165) is 6.04 Å². The summed E-state index contributed by atoms with van der Waals surface area (Å²) in [6.45, 7) is 13.3. The van der Waals surface area contributed by atoms with Gasteiger partial charge in [-0.1, -0.05) is 13.8 Å². The molecule has 0 N–H and O–H groups in total. The molecule has 90 valence electrons. The van der Waals surface area contributed by atoms with E-state index in [4.69, 9.17) is 0 Å². The molecule has 1 aliphatic heterocycles. The van der Waals surface area contributed by atoms with Crippen molar-refractivity contribution in [2.24, 2.45) is 0 Å². The summed E-state index contributed by atoms with van der Waals surface area (Å²) in [7, 11) is 0. The maximum absolute atomic E-state index is 2.65. The number of hydrogen-bond acceptors (Lipinski definition) is 2. The van der Waals surface area contributed by atoms with Gasteiger partial charge in [-0.2, -0.15) is 0 Å². The van der Waals surface area contributed by atoms with E-state index in [1.165, 1.54) is 58.4 Å². The van der Waals surface area contributed by atoms with Crippen molar-refractivity contribution in [3.05, 3.63) is 0 Å². The van der Waals surface area contributed by atoms with Gasteiger partial charge in [0, 0.05) is 6.04 Å². The normalized spacial score (nSPS) is 22.8. The van der Waals surface area contributed by atoms with Crippen molar-refractivity contribution in [1.82, 2.24) is 9.80 Å². The Kier molecular flexibility index (Phi) is 6.26. The first-order valence-electron chi connectivity index (χ1n) is 6.74. The highest BCUT2D eigenvalue weighted by molar-refractivity contribution is 4.75. The fraction of sp³-hybridized carbons (Fsp3) is 1.00. The summed E-state index contributed by atoms with van der Waals surface area (Å²) in [4.78, 5) is 5.22. The zero-order valence-electron chi connectivity index (χ0n) is 10.8. The maximum atomic E-state index is 2.65. The van der Waals surface area contributed by atoms with Gasteiger partial charge in [-0.25, -0.2) is 0 Å². The highest BCUT2D eigenvalue weighted by Crippen LogP contribution is 2.16. The van der Waals surface area contributed by atoms with Crippen LogP contribution in [0.15, 0.2) is 0 Å². The Hall–Kier alpha value is -0.0800. The summed E-state index contributed by atoms with van der Waals surface area (Å²) in [5.41, 5.74) is 0. The molecule has 0 saturated carbocycles. The van der Waals surface area contributed by atoms with E-state index in [1.807, 2.05) is 0 Å². The summed E-state index contributed by atoms with van der Waals surface area (Å²) >= 11 is 0. The lowest BCUT2D eigenvalue weighted by molar-refractivity contribution is 0.228. The van der Waals surface area contributed by atoms with Crippen LogP contribution >= 0.6 is 0 Å². The Balaban J connectivity index is 2.08. The number of hydrogen-bond donors (Lipinski definition) is 0. The van der Waals surface area contributed by atoms with Gasteiger partial charge in [0.2, 0.25) is 0 Å². The van der Waals surface area contributed by atoms with Crippen LogP contribution in [0.5, 0.6) is 0 Å². The number of nitrogens with zero attached hydrogens (tertiary/aromatic N) is 2. The van der Waals surface area contributed by atoms with Gasteiger partial charge in [0.15, 0.2) is 0 Å². The number of rotatable bonds is 7. The SMILES string of the molecule is CCCN(CC)CCCN1CCCC1C. The lowest BCUT2D eigenvalue weighted by Crippen LogP contribution is -2.32. The fourth-order valence-corrected chi connectivity index (χ4v) is 2.57. The van der Waals surface area contributed by atoms with Gasteiger partial charge >= 0.3 is 0 Å². The molecule has 0 aromatic rings. The highest BCUT2D eigenvalue weighted by atomic mass is 15.2. The molecule has 0 aromatic heterocycles. The molecular formula is C13H28N2. The zero-order valence-corrected chi connectivity index (χ0v) is 10.8. The molecule has 0 aliphatic carbocycles. The summed E-state index contributed by atoms with van der Waals surface area (Å²) in [5, 5.41) is 0. The Labute approximate surface area is 95.6 Å². The minimum Gasteiger partial charge on any atom is -0.304 e. The second-order valence-corrected chi connectivity index (χ2v) is 4.82. The van der Waals surface area contributed by atoms with Crippen molar-refractivity contribution in [1.29, 1.82) is 0 Å². The van der Waals surface area contributed by atoms with E-state index in [-0.39, 0.29) is 0 Å². The second kappa shape index (κ2) is 7.24. The van der Waals surface area contributed by atoms with Gasteiger partial charge < -0.3 is 9.80 Å². The summed E-state index contributed by atoms with van der Waals surface area (Å²) < 4.78 is 0. The van der Waals surface area contributed by atoms with Crippen LogP contribution in [0.3, 0.4) is 0 Å². The third-order valence-electron chi connectivity index (χ3n) is 3.60. The van der Waals surface area contributed by atoms with Crippen LogP contribution in [0.25, 0.3) is 0 Å². The molecule has 1 aliphatic rings. The molecule has 1 unspecified atom stereocenters. The summed E-state index contributed by atoms with van der Waals surface area (Å²) in [5.74, 6) is 0. The molecule has 0 amide bonds. The van der Waals surface area contributed by atoms with Crippen LogP contribution in [0, 0.1) is 0 Å². The molecule has 0 bridgehead atoms. The van der Waals surface area contributed by atoms with Gasteiger partial charge in [0.1, 0.15) is 0 Å². The fourth-order valence-electron chi connectivity index (χ4n) is 2.57. The first-order valence-corrected chi connectivity index (χ1v) is 6.74. The van der Waals surface area contributed by atoms with E-state index < -0.39 is 0 Å². The average Bonchev–Trinajstić information content (AvgIpc) is 2.63. The molecule has 1 saturated heterocycles. The third kappa shape index (κ3) is 4.52. The molecule has 1 heterocycles. The molecule has 1 fully saturated rings. The van der Waals surface area contributed by atoms with Crippen molar-refractivity contribution in [3.8, 4) is 0 Å². The minimum absolute atomic E-state index is 0.839. The van der Waals surface area contributed by atoms with E-state index in [2.05, 4.69) is 30.6 Å². The number of likely N-dealkylation sites (tertiary alicyclic amines) is 1. The van der Waals surface area contributed by atoms with Crippen molar-refractivity contribution in [3.63, 3.8) is 0 Å². The summed E-state index contributed by atoms with van der Waals surface area (Å²) in [6, 6.07) is 0.839. The lowest BCUT2D eigenvalue weighted by Gasteiger charge is -2.24. The van der Waals surface area contributed by atoms with E-state index in [0.29, 0.717) is 0 Å². The second-order valence-electron chi connectivity index (χ2n) is 4.82. The lowest BCUT2D eigenvalue weighted by atomic mass is 10.2. The average molecular weight is 212 g/mol.